The number of nitrogens with one attached hydrogen (secondary N) is 1. The Hall–Kier alpha value is -2.90. The van der Waals surface area contributed by atoms with Gasteiger partial charge in [0.05, 0.1) is 20.8 Å². The van der Waals surface area contributed by atoms with Crippen LogP contribution < -0.4 is 14.2 Å². The summed E-state index contributed by atoms with van der Waals surface area (Å²) < 4.78 is 16.8. The smallest absolute Gasteiger partial charge is 0.254 e. The van der Waals surface area contributed by atoms with E-state index in [0.717, 1.165) is 74.3 Å². The third-order valence-electron chi connectivity index (χ3n) is 7.06. The molecule has 2 aliphatic heterocycles. The lowest BCUT2D eigenvalue weighted by molar-refractivity contribution is 0.0517. The van der Waals surface area contributed by atoms with E-state index in [9.17, 15) is 4.79 Å². The number of hydrogen-bond acceptors (Lipinski definition) is 5. The van der Waals surface area contributed by atoms with Crippen LogP contribution in [0.1, 0.15) is 35.2 Å². The third kappa shape index (κ3) is 5.36. The number of methoxy groups -OCH3 is 2. The number of benzene rings is 2. The monoisotopic (exact) mass is 499 g/mol. The number of ether oxygens (including phenoxy) is 3. The van der Waals surface area contributed by atoms with Crippen LogP contribution in [0.5, 0.6) is 17.2 Å². The summed E-state index contributed by atoms with van der Waals surface area (Å²) in [7, 11) is 3.24. The van der Waals surface area contributed by atoms with Crippen LogP contribution in [0.3, 0.4) is 0 Å². The number of piperidine rings is 1. The molecule has 1 aromatic heterocycles. The van der Waals surface area contributed by atoms with Gasteiger partial charge < -0.3 is 29.0 Å². The van der Waals surface area contributed by atoms with Gasteiger partial charge in [-0.05, 0) is 74.2 Å². The summed E-state index contributed by atoms with van der Waals surface area (Å²) in [6, 6.07) is 12.2. The summed E-state index contributed by atoms with van der Waals surface area (Å²) in [5.41, 5.74) is 2.91. The third-order valence-corrected chi connectivity index (χ3v) is 7.06. The maximum absolute atomic E-state index is 13.4. The summed E-state index contributed by atoms with van der Waals surface area (Å²) in [5, 5.41) is 1.17. The Morgan fingerprint density at radius 2 is 1.89 bits per heavy atom. The maximum Gasteiger partial charge on any atom is 0.254 e. The van der Waals surface area contributed by atoms with Crippen molar-refractivity contribution in [1.29, 1.82) is 0 Å². The molecule has 1 atom stereocenters. The molecule has 2 aliphatic rings. The van der Waals surface area contributed by atoms with E-state index in [1.54, 1.807) is 14.2 Å². The Morgan fingerprint density at radius 3 is 2.71 bits per heavy atom. The number of aromatic amines is 1. The van der Waals surface area contributed by atoms with Crippen molar-refractivity contribution >= 4 is 29.2 Å². The number of rotatable bonds is 8. The van der Waals surface area contributed by atoms with Gasteiger partial charge >= 0.3 is 0 Å². The molecule has 1 N–H and O–H groups in total. The fourth-order valence-electron chi connectivity index (χ4n) is 5.26. The molecule has 7 nitrogen and oxygen atoms in total. The molecule has 8 heteroatoms. The molecular formula is C27H34ClN3O4. The van der Waals surface area contributed by atoms with E-state index in [1.807, 2.05) is 24.4 Å². The summed E-state index contributed by atoms with van der Waals surface area (Å²) in [4.78, 5) is 21.1. The molecule has 1 unspecified atom stereocenters. The predicted molar refractivity (Wildman–Crippen MR) is 139 cm³/mol. The first kappa shape index (κ1) is 25.2. The molecule has 1 saturated heterocycles. The number of likely N-dealkylation sites (tertiary alicyclic amines) is 1. The van der Waals surface area contributed by atoms with Crippen LogP contribution in [0.2, 0.25) is 0 Å². The second kappa shape index (κ2) is 11.2. The standard InChI is InChI=1S/C27H33N3O4.ClH/c1-32-25-16-19-9-13-30(27(31)23(19)17-26(25)33-2)21-5-3-11-29(18-21)12-4-14-34-22-6-7-24-20(15-22)8-10-28-24;/h6-8,10,15-17,21,28H,3-5,9,11-14,18H2,1-2H3;1H. The highest BCUT2D eigenvalue weighted by molar-refractivity contribution is 5.97. The summed E-state index contributed by atoms with van der Waals surface area (Å²) in [6.07, 6.45) is 5.92. The second-order valence-corrected chi connectivity index (χ2v) is 9.14. The van der Waals surface area contributed by atoms with E-state index < -0.39 is 0 Å². The van der Waals surface area contributed by atoms with Crippen LogP contribution in [-0.4, -0.2) is 73.7 Å². The number of carbonyl (C=O) groups excluding carboxylic acids is 1. The molecule has 1 fully saturated rings. The lowest BCUT2D eigenvalue weighted by Gasteiger charge is -2.41. The van der Waals surface area contributed by atoms with Crippen LogP contribution in [0.25, 0.3) is 10.9 Å². The first-order valence-corrected chi connectivity index (χ1v) is 12.1. The van der Waals surface area contributed by atoms with Crippen molar-refractivity contribution in [2.45, 2.75) is 31.7 Å². The van der Waals surface area contributed by atoms with Crippen molar-refractivity contribution in [2.24, 2.45) is 0 Å². The van der Waals surface area contributed by atoms with Crippen molar-refractivity contribution < 1.29 is 19.0 Å². The molecule has 3 aromatic rings. The van der Waals surface area contributed by atoms with Gasteiger partial charge in [0, 0.05) is 48.3 Å². The highest BCUT2D eigenvalue weighted by atomic mass is 35.5. The van der Waals surface area contributed by atoms with E-state index in [0.29, 0.717) is 18.1 Å². The Kier molecular flexibility index (Phi) is 8.08. The maximum atomic E-state index is 13.4. The summed E-state index contributed by atoms with van der Waals surface area (Å²) in [6.45, 7) is 4.42. The zero-order valence-corrected chi connectivity index (χ0v) is 21.2. The Labute approximate surface area is 212 Å². The molecule has 0 saturated carbocycles. The molecule has 35 heavy (non-hydrogen) atoms. The van der Waals surface area contributed by atoms with Gasteiger partial charge in [0.1, 0.15) is 5.75 Å². The largest absolute Gasteiger partial charge is 0.494 e. The second-order valence-electron chi connectivity index (χ2n) is 9.14. The molecule has 0 spiro atoms. The Bertz CT molecular complexity index is 1160. The number of H-pyrrole nitrogens is 1. The number of fused-ring (bicyclic) bond motifs is 2. The minimum atomic E-state index is 0. The van der Waals surface area contributed by atoms with E-state index in [2.05, 4.69) is 33.0 Å². The molecule has 1 amide bonds. The number of nitrogens with zero attached hydrogens (tertiary/aromatic N) is 2. The van der Waals surface area contributed by atoms with E-state index in [-0.39, 0.29) is 24.4 Å². The minimum Gasteiger partial charge on any atom is -0.494 e. The van der Waals surface area contributed by atoms with Gasteiger partial charge in [0.2, 0.25) is 0 Å². The van der Waals surface area contributed by atoms with Crippen molar-refractivity contribution in [3.05, 3.63) is 53.7 Å². The Balaban J connectivity index is 0.00000289. The number of amides is 1. The van der Waals surface area contributed by atoms with Crippen LogP contribution in [0, 0.1) is 0 Å². The number of aromatic nitrogens is 1. The van der Waals surface area contributed by atoms with Gasteiger partial charge in [-0.1, -0.05) is 0 Å². The van der Waals surface area contributed by atoms with Gasteiger partial charge in [-0.25, -0.2) is 0 Å². The Morgan fingerprint density at radius 1 is 1.06 bits per heavy atom. The normalized spacial score (nSPS) is 18.2. The van der Waals surface area contributed by atoms with Crippen molar-refractivity contribution in [2.75, 3.05) is 47.0 Å². The average Bonchev–Trinajstić information content (AvgIpc) is 3.34. The highest BCUT2D eigenvalue weighted by Crippen LogP contribution is 2.34. The zero-order valence-electron chi connectivity index (χ0n) is 20.4. The quantitative estimate of drug-likeness (QED) is 0.461. The lowest BCUT2D eigenvalue weighted by atomic mass is 9.94. The van der Waals surface area contributed by atoms with Gasteiger partial charge in [-0.2, -0.15) is 0 Å². The fourth-order valence-corrected chi connectivity index (χ4v) is 5.26. The van der Waals surface area contributed by atoms with E-state index in [1.165, 1.54) is 5.39 Å². The number of carbonyl (C=O) groups is 1. The van der Waals surface area contributed by atoms with Gasteiger partial charge in [-0.3, -0.25) is 4.79 Å². The molecule has 5 rings (SSSR count). The van der Waals surface area contributed by atoms with Crippen molar-refractivity contribution in [1.82, 2.24) is 14.8 Å². The molecule has 0 aliphatic carbocycles. The molecule has 0 radical (unpaired) electrons. The molecule has 3 heterocycles. The average molecular weight is 500 g/mol. The van der Waals surface area contributed by atoms with Gasteiger partial charge in [0.15, 0.2) is 11.5 Å². The van der Waals surface area contributed by atoms with Crippen LogP contribution in [0.15, 0.2) is 42.6 Å². The van der Waals surface area contributed by atoms with Crippen molar-refractivity contribution in [3.63, 3.8) is 0 Å². The topological polar surface area (TPSA) is 67.0 Å². The van der Waals surface area contributed by atoms with Crippen LogP contribution in [0.4, 0.5) is 0 Å². The van der Waals surface area contributed by atoms with E-state index >= 15 is 0 Å². The molecule has 188 valence electrons. The van der Waals surface area contributed by atoms with E-state index in [4.69, 9.17) is 14.2 Å². The lowest BCUT2D eigenvalue weighted by Crippen LogP contribution is -2.52. The fraction of sp³-hybridized carbons (Fsp3) is 0.444. The zero-order chi connectivity index (χ0) is 23.5. The predicted octanol–water partition coefficient (Wildman–Crippen LogP) is 4.54. The molecule has 2 aromatic carbocycles. The van der Waals surface area contributed by atoms with Gasteiger partial charge in [-0.15, -0.1) is 12.4 Å². The first-order valence-electron chi connectivity index (χ1n) is 12.1. The van der Waals surface area contributed by atoms with Gasteiger partial charge in [0.25, 0.3) is 5.91 Å². The first-order chi connectivity index (χ1) is 16.7. The number of halogens is 1. The summed E-state index contributed by atoms with van der Waals surface area (Å²) in [5.74, 6) is 2.31. The highest BCUT2D eigenvalue weighted by Gasteiger charge is 2.33. The summed E-state index contributed by atoms with van der Waals surface area (Å²) >= 11 is 0. The van der Waals surface area contributed by atoms with Crippen LogP contribution >= 0.6 is 12.4 Å². The SMILES string of the molecule is COc1cc2c(cc1OC)C(=O)N(C1CCCN(CCCOc3ccc4[nH]ccc4c3)C1)CC2.Cl. The van der Waals surface area contributed by atoms with Crippen LogP contribution in [-0.2, 0) is 6.42 Å². The minimum absolute atomic E-state index is 0. The number of hydrogen-bond donors (Lipinski definition) is 1. The molecule has 0 bridgehead atoms. The van der Waals surface area contributed by atoms with Crippen molar-refractivity contribution in [3.8, 4) is 17.2 Å². The molecular weight excluding hydrogens is 466 g/mol.